The van der Waals surface area contributed by atoms with Crippen molar-refractivity contribution >= 4 is 17.7 Å². The number of thioether (sulfide) groups is 1. The first kappa shape index (κ1) is 16.1. The van der Waals surface area contributed by atoms with Crippen LogP contribution in [0, 0.1) is 5.41 Å². The van der Waals surface area contributed by atoms with Gasteiger partial charge in [0.05, 0.1) is 18.1 Å². The highest BCUT2D eigenvalue weighted by Gasteiger charge is 2.41. The van der Waals surface area contributed by atoms with Gasteiger partial charge in [0, 0.05) is 23.3 Å². The van der Waals surface area contributed by atoms with E-state index in [1.165, 1.54) is 11.8 Å². The van der Waals surface area contributed by atoms with Crippen molar-refractivity contribution in [3.8, 4) is 11.5 Å². The molecule has 0 spiro atoms. The van der Waals surface area contributed by atoms with E-state index in [2.05, 4.69) is 10.3 Å². The molecule has 0 saturated heterocycles. The molecule has 1 aliphatic carbocycles. The van der Waals surface area contributed by atoms with Gasteiger partial charge in [-0.3, -0.25) is 4.79 Å². The summed E-state index contributed by atoms with van der Waals surface area (Å²) in [7, 11) is 0. The number of hydrogen-bond donors (Lipinski definition) is 2. The summed E-state index contributed by atoms with van der Waals surface area (Å²) in [5.41, 5.74) is 1.73. The third-order valence-electron chi connectivity index (χ3n) is 4.01. The van der Waals surface area contributed by atoms with Gasteiger partial charge in [-0.05, 0) is 25.0 Å². The maximum atomic E-state index is 11.8. The summed E-state index contributed by atoms with van der Waals surface area (Å²) < 4.78 is 5.47. The molecule has 0 atom stereocenters. The molecule has 6 heteroatoms. The second-order valence-electron chi connectivity index (χ2n) is 5.94. The van der Waals surface area contributed by atoms with Crippen LogP contribution in [0.5, 0.6) is 0 Å². The van der Waals surface area contributed by atoms with Gasteiger partial charge < -0.3 is 14.8 Å². The zero-order chi connectivity index (χ0) is 16.1. The standard InChI is InChI=1S/C17H20N2O3S/c20-12-17(6-7-17)11-18-15(21)10-23-9-14-8-22-16(19-14)13-4-2-1-3-5-13/h1-5,8,20H,6-7,9-12H2,(H,18,21). The second-order valence-corrected chi connectivity index (χ2v) is 6.92. The van der Waals surface area contributed by atoms with Crippen LogP contribution in [0.25, 0.3) is 11.5 Å². The summed E-state index contributed by atoms with van der Waals surface area (Å²) in [6.45, 7) is 0.729. The smallest absolute Gasteiger partial charge is 0.230 e. The maximum Gasteiger partial charge on any atom is 0.230 e. The Morgan fingerprint density at radius 1 is 1.35 bits per heavy atom. The number of hydrogen-bond acceptors (Lipinski definition) is 5. The summed E-state index contributed by atoms with van der Waals surface area (Å²) in [5, 5.41) is 12.1. The van der Waals surface area contributed by atoms with Gasteiger partial charge in [-0.25, -0.2) is 4.98 Å². The molecule has 122 valence electrons. The fourth-order valence-corrected chi connectivity index (χ4v) is 2.97. The minimum absolute atomic E-state index is 0.00139. The number of aromatic nitrogens is 1. The monoisotopic (exact) mass is 332 g/mol. The number of carbonyl (C=O) groups is 1. The van der Waals surface area contributed by atoms with Crippen molar-refractivity contribution in [3.05, 3.63) is 42.3 Å². The molecule has 0 aliphatic heterocycles. The predicted molar refractivity (Wildman–Crippen MR) is 89.9 cm³/mol. The van der Waals surface area contributed by atoms with E-state index in [9.17, 15) is 9.90 Å². The van der Waals surface area contributed by atoms with Crippen LogP contribution in [-0.4, -0.2) is 34.9 Å². The zero-order valence-corrected chi connectivity index (χ0v) is 13.6. The number of aliphatic hydroxyl groups is 1. The molecule has 0 unspecified atom stereocenters. The Balaban J connectivity index is 1.41. The van der Waals surface area contributed by atoms with Crippen LogP contribution in [0.4, 0.5) is 0 Å². The third-order valence-corrected chi connectivity index (χ3v) is 4.97. The third kappa shape index (κ3) is 4.36. The van der Waals surface area contributed by atoms with Crippen LogP contribution < -0.4 is 5.32 Å². The Morgan fingerprint density at radius 3 is 2.83 bits per heavy atom. The number of carbonyl (C=O) groups excluding carboxylic acids is 1. The minimum Gasteiger partial charge on any atom is -0.444 e. The van der Waals surface area contributed by atoms with Crippen molar-refractivity contribution in [1.82, 2.24) is 10.3 Å². The first-order valence-corrected chi connectivity index (χ1v) is 8.81. The lowest BCUT2D eigenvalue weighted by Gasteiger charge is -2.12. The van der Waals surface area contributed by atoms with E-state index >= 15 is 0 Å². The van der Waals surface area contributed by atoms with Crippen LogP contribution in [-0.2, 0) is 10.5 Å². The van der Waals surface area contributed by atoms with Gasteiger partial charge in [0.1, 0.15) is 6.26 Å². The van der Waals surface area contributed by atoms with E-state index in [-0.39, 0.29) is 17.9 Å². The molecule has 0 radical (unpaired) electrons. The Morgan fingerprint density at radius 2 is 2.13 bits per heavy atom. The van der Waals surface area contributed by atoms with E-state index in [1.54, 1.807) is 6.26 Å². The number of rotatable bonds is 8. The van der Waals surface area contributed by atoms with Gasteiger partial charge in [0.25, 0.3) is 0 Å². The van der Waals surface area contributed by atoms with Gasteiger partial charge in [-0.2, -0.15) is 0 Å². The number of nitrogens with one attached hydrogen (secondary N) is 1. The molecule has 1 aromatic heterocycles. The van der Waals surface area contributed by atoms with Crippen LogP contribution >= 0.6 is 11.8 Å². The molecule has 5 nitrogen and oxygen atoms in total. The normalized spacial score (nSPS) is 15.3. The largest absolute Gasteiger partial charge is 0.444 e. The lowest BCUT2D eigenvalue weighted by molar-refractivity contribution is -0.118. The van der Waals surface area contributed by atoms with E-state index in [0.717, 1.165) is 24.1 Å². The van der Waals surface area contributed by atoms with Gasteiger partial charge in [-0.1, -0.05) is 18.2 Å². The van der Waals surface area contributed by atoms with Crippen LogP contribution in [0.3, 0.4) is 0 Å². The number of benzene rings is 1. The predicted octanol–water partition coefficient (Wildman–Crippen LogP) is 2.46. The quantitative estimate of drug-likeness (QED) is 0.777. The van der Waals surface area contributed by atoms with Crippen molar-refractivity contribution in [2.24, 2.45) is 5.41 Å². The zero-order valence-electron chi connectivity index (χ0n) is 12.8. The topological polar surface area (TPSA) is 75.4 Å². The van der Waals surface area contributed by atoms with Crippen molar-refractivity contribution in [2.75, 3.05) is 18.9 Å². The van der Waals surface area contributed by atoms with E-state index in [1.807, 2.05) is 30.3 Å². The molecule has 0 bridgehead atoms. The Kier molecular flexibility index (Phi) is 5.03. The molecular formula is C17H20N2O3S. The fraction of sp³-hybridized carbons (Fsp3) is 0.412. The number of oxazole rings is 1. The average molecular weight is 332 g/mol. The lowest BCUT2D eigenvalue weighted by Crippen LogP contribution is -2.33. The first-order valence-electron chi connectivity index (χ1n) is 7.66. The summed E-state index contributed by atoms with van der Waals surface area (Å²) >= 11 is 1.50. The van der Waals surface area contributed by atoms with Crippen molar-refractivity contribution in [1.29, 1.82) is 0 Å². The maximum absolute atomic E-state index is 11.8. The van der Waals surface area contributed by atoms with E-state index in [4.69, 9.17) is 4.42 Å². The lowest BCUT2D eigenvalue weighted by atomic mass is 10.1. The van der Waals surface area contributed by atoms with Crippen molar-refractivity contribution in [3.63, 3.8) is 0 Å². The molecule has 23 heavy (non-hydrogen) atoms. The highest BCUT2D eigenvalue weighted by Crippen LogP contribution is 2.44. The Hall–Kier alpha value is -1.79. The van der Waals surface area contributed by atoms with Crippen molar-refractivity contribution < 1.29 is 14.3 Å². The summed E-state index contributed by atoms with van der Waals surface area (Å²) in [4.78, 5) is 16.2. The fourth-order valence-electron chi connectivity index (χ4n) is 2.24. The molecule has 1 heterocycles. The molecule has 2 N–H and O–H groups in total. The van der Waals surface area contributed by atoms with Gasteiger partial charge in [0.2, 0.25) is 11.8 Å². The molecule has 1 aliphatic rings. The Labute approximate surface area is 139 Å². The van der Waals surface area contributed by atoms with Crippen LogP contribution in [0.1, 0.15) is 18.5 Å². The summed E-state index contributed by atoms with van der Waals surface area (Å²) in [6.07, 6.45) is 3.63. The first-order chi connectivity index (χ1) is 11.2. The van der Waals surface area contributed by atoms with E-state index < -0.39 is 0 Å². The molecule has 1 aromatic carbocycles. The average Bonchev–Trinajstić information content (AvgIpc) is 3.23. The highest BCUT2D eigenvalue weighted by molar-refractivity contribution is 7.99. The Bertz CT molecular complexity index is 653. The summed E-state index contributed by atoms with van der Waals surface area (Å²) in [6, 6.07) is 9.73. The minimum atomic E-state index is -0.0446. The van der Waals surface area contributed by atoms with Crippen molar-refractivity contribution in [2.45, 2.75) is 18.6 Å². The number of aliphatic hydroxyl groups excluding tert-OH is 1. The van der Waals surface area contributed by atoms with Crippen LogP contribution in [0.15, 0.2) is 41.0 Å². The van der Waals surface area contributed by atoms with Gasteiger partial charge in [0.15, 0.2) is 0 Å². The molecule has 1 amide bonds. The highest BCUT2D eigenvalue weighted by atomic mass is 32.2. The molecule has 1 saturated carbocycles. The van der Waals surface area contributed by atoms with Gasteiger partial charge >= 0.3 is 0 Å². The number of amides is 1. The summed E-state index contributed by atoms with van der Waals surface area (Å²) in [5.74, 6) is 1.62. The van der Waals surface area contributed by atoms with Gasteiger partial charge in [-0.15, -0.1) is 11.8 Å². The van der Waals surface area contributed by atoms with E-state index in [0.29, 0.717) is 23.9 Å². The SMILES string of the molecule is O=C(CSCc1coc(-c2ccccc2)n1)NCC1(CO)CC1. The molecule has 1 fully saturated rings. The molecule has 2 aromatic rings. The molecular weight excluding hydrogens is 312 g/mol. The van der Waals surface area contributed by atoms with Crippen LogP contribution in [0.2, 0.25) is 0 Å². The molecule has 3 rings (SSSR count). The second kappa shape index (κ2) is 7.19. The number of nitrogens with zero attached hydrogens (tertiary/aromatic N) is 1.